The van der Waals surface area contributed by atoms with Gasteiger partial charge in [0.2, 0.25) is 0 Å². The Bertz CT molecular complexity index is 798. The van der Waals surface area contributed by atoms with Crippen molar-refractivity contribution in [2.45, 2.75) is 39.2 Å². The maximum atomic E-state index is 14.4. The van der Waals surface area contributed by atoms with E-state index in [0.29, 0.717) is 23.1 Å². The number of aromatic carboxylic acids is 1. The minimum Gasteiger partial charge on any atom is -0.480 e. The molecule has 1 aromatic carbocycles. The molecule has 1 aromatic heterocycles. The molecule has 0 radical (unpaired) electrons. The monoisotopic (exact) mass is 393 g/mol. The van der Waals surface area contributed by atoms with Crippen LogP contribution in [0.25, 0.3) is 10.6 Å². The van der Waals surface area contributed by atoms with Gasteiger partial charge in [0, 0.05) is 10.4 Å². The van der Waals surface area contributed by atoms with E-state index in [1.807, 2.05) is 0 Å². The van der Waals surface area contributed by atoms with Crippen LogP contribution >= 0.6 is 11.3 Å². The van der Waals surface area contributed by atoms with Gasteiger partial charge >= 0.3 is 12.1 Å². The second-order valence-electron chi connectivity index (χ2n) is 5.34. The van der Waals surface area contributed by atoms with Gasteiger partial charge in [0.25, 0.3) is 0 Å². The molecule has 2 rings (SSSR count). The highest BCUT2D eigenvalue weighted by Crippen LogP contribution is 2.36. The van der Waals surface area contributed by atoms with Crippen LogP contribution in [0.4, 0.5) is 17.6 Å². The highest BCUT2D eigenvalue weighted by atomic mass is 32.1. The smallest absolute Gasteiger partial charge is 0.425 e. The topological polar surface area (TPSA) is 79.7 Å². The minimum atomic E-state index is -4.72. The normalized spacial score (nSPS) is 12.9. The molecule has 2 aromatic rings. The van der Waals surface area contributed by atoms with E-state index in [0.717, 1.165) is 24.3 Å². The minimum absolute atomic E-state index is 0.116. The molecule has 0 saturated carbocycles. The maximum Gasteiger partial charge on any atom is 0.425 e. The first-order valence-electron chi connectivity index (χ1n) is 7.48. The van der Waals surface area contributed by atoms with Crippen molar-refractivity contribution >= 4 is 17.3 Å². The van der Waals surface area contributed by atoms with Gasteiger partial charge in [-0.1, -0.05) is 6.92 Å². The van der Waals surface area contributed by atoms with Crippen LogP contribution < -0.4 is 4.74 Å². The summed E-state index contributed by atoms with van der Waals surface area (Å²) in [6.45, 7) is 2.15. The molecular formula is C16H15F4NO4S. The molecule has 1 heterocycles. The lowest BCUT2D eigenvalue weighted by Crippen LogP contribution is -2.31. The predicted octanol–water partition coefficient (Wildman–Crippen LogP) is 4.03. The Kier molecular flexibility index (Phi) is 5.87. The number of nitrogens with zero attached hydrogens (tertiary/aromatic N) is 1. The van der Waals surface area contributed by atoms with Crippen molar-refractivity contribution in [1.82, 2.24) is 4.98 Å². The number of benzene rings is 1. The van der Waals surface area contributed by atoms with Crippen molar-refractivity contribution < 1.29 is 37.3 Å². The molecule has 0 bridgehead atoms. The number of aliphatic hydroxyl groups excluding tert-OH is 1. The fourth-order valence-electron chi connectivity index (χ4n) is 2.14. The van der Waals surface area contributed by atoms with E-state index < -0.39 is 35.4 Å². The zero-order valence-electron chi connectivity index (χ0n) is 13.7. The van der Waals surface area contributed by atoms with Gasteiger partial charge in [-0.2, -0.15) is 13.2 Å². The molecule has 0 aliphatic carbocycles. The number of rotatable bonds is 6. The third kappa shape index (κ3) is 4.13. The summed E-state index contributed by atoms with van der Waals surface area (Å²) in [5.74, 6) is -3.20. The van der Waals surface area contributed by atoms with Crippen LogP contribution in [0.1, 0.15) is 34.8 Å². The zero-order valence-corrected chi connectivity index (χ0v) is 14.5. The quantitative estimate of drug-likeness (QED) is 0.725. The summed E-state index contributed by atoms with van der Waals surface area (Å²) in [5, 5.41) is 18.5. The number of hydrogen-bond acceptors (Lipinski definition) is 5. The van der Waals surface area contributed by atoms with Crippen LogP contribution in [0.15, 0.2) is 12.1 Å². The van der Waals surface area contributed by atoms with Crippen molar-refractivity contribution in [3.05, 3.63) is 34.1 Å². The molecule has 0 saturated heterocycles. The number of halogens is 4. The number of aliphatic hydroxyl groups is 1. The lowest BCUT2D eigenvalue weighted by molar-refractivity contribution is -0.189. The Morgan fingerprint density at radius 2 is 2.04 bits per heavy atom. The second-order valence-corrected chi connectivity index (χ2v) is 6.42. The summed E-state index contributed by atoms with van der Waals surface area (Å²) in [7, 11) is 0. The number of carboxylic acid groups (broad SMARTS) is 1. The molecule has 0 aliphatic heterocycles. The van der Waals surface area contributed by atoms with Crippen LogP contribution in [0.3, 0.4) is 0 Å². The Morgan fingerprint density at radius 3 is 2.50 bits per heavy atom. The van der Waals surface area contributed by atoms with Crippen LogP contribution in [-0.2, 0) is 13.0 Å². The van der Waals surface area contributed by atoms with Crippen molar-refractivity contribution in [2.75, 3.05) is 0 Å². The van der Waals surface area contributed by atoms with E-state index in [9.17, 15) is 27.5 Å². The van der Waals surface area contributed by atoms with E-state index in [1.54, 1.807) is 6.92 Å². The van der Waals surface area contributed by atoms with Crippen molar-refractivity contribution in [2.24, 2.45) is 0 Å². The number of carbonyl (C=O) groups is 1. The number of aryl methyl sites for hydroxylation is 1. The summed E-state index contributed by atoms with van der Waals surface area (Å²) < 4.78 is 57.3. The van der Waals surface area contributed by atoms with Gasteiger partial charge in [0.15, 0.2) is 6.10 Å². The number of alkyl halides is 3. The van der Waals surface area contributed by atoms with Gasteiger partial charge in [-0.15, -0.1) is 11.3 Å². The lowest BCUT2D eigenvalue weighted by atomic mass is 10.1. The first-order chi connectivity index (χ1) is 12.1. The van der Waals surface area contributed by atoms with Gasteiger partial charge in [0.1, 0.15) is 22.1 Å². The average Bonchev–Trinajstić information content (AvgIpc) is 2.98. The molecule has 0 spiro atoms. The lowest BCUT2D eigenvalue weighted by Gasteiger charge is -2.19. The van der Waals surface area contributed by atoms with Crippen molar-refractivity contribution in [3.8, 4) is 16.3 Å². The van der Waals surface area contributed by atoms with Gasteiger partial charge in [-0.3, -0.25) is 0 Å². The Labute approximate surface area is 149 Å². The first-order valence-corrected chi connectivity index (χ1v) is 8.30. The number of carboxylic acids is 1. The molecular weight excluding hydrogens is 378 g/mol. The summed E-state index contributed by atoms with van der Waals surface area (Å²) in [6, 6.07) is 1.49. The molecule has 10 heteroatoms. The highest BCUT2D eigenvalue weighted by molar-refractivity contribution is 7.15. The number of ether oxygens (including phenoxy) is 1. The van der Waals surface area contributed by atoms with Crippen molar-refractivity contribution in [3.63, 3.8) is 0 Å². The van der Waals surface area contributed by atoms with E-state index in [-0.39, 0.29) is 17.2 Å². The molecule has 1 unspecified atom stereocenters. The van der Waals surface area contributed by atoms with E-state index in [4.69, 9.17) is 9.84 Å². The number of hydrogen-bond donors (Lipinski definition) is 2. The second kappa shape index (κ2) is 7.58. The molecule has 0 aliphatic rings. The Morgan fingerprint density at radius 1 is 1.38 bits per heavy atom. The molecule has 1 atom stereocenters. The molecule has 26 heavy (non-hydrogen) atoms. The summed E-state index contributed by atoms with van der Waals surface area (Å²) in [6.07, 6.45) is -6.48. The predicted molar refractivity (Wildman–Crippen MR) is 85.9 cm³/mol. The fraction of sp³-hybridized carbons (Fsp3) is 0.375. The zero-order chi connectivity index (χ0) is 19.6. The SMILES string of the molecule is CCc1sc(-c2cc(OC(C)C(F)(F)F)c(C(=O)O)cc2F)nc1CO. The third-order valence-corrected chi connectivity index (χ3v) is 4.82. The number of thiazole rings is 1. The standard InChI is InChI=1S/C16H15F4NO4S/c1-3-13-11(6-22)21-14(26-13)8-5-12(25-7(2)16(18,19)20)9(15(23)24)4-10(8)17/h4-5,7,22H,3,6H2,1-2H3,(H,23,24). The van der Waals surface area contributed by atoms with Crippen LogP contribution in [0.5, 0.6) is 5.75 Å². The molecule has 5 nitrogen and oxygen atoms in total. The fourth-order valence-corrected chi connectivity index (χ4v) is 3.17. The summed E-state index contributed by atoms with van der Waals surface area (Å²) >= 11 is 1.06. The van der Waals surface area contributed by atoms with E-state index in [1.165, 1.54) is 0 Å². The van der Waals surface area contributed by atoms with Crippen LogP contribution in [0.2, 0.25) is 0 Å². The van der Waals surface area contributed by atoms with Gasteiger partial charge in [0.05, 0.1) is 12.3 Å². The van der Waals surface area contributed by atoms with E-state index >= 15 is 0 Å². The molecule has 142 valence electrons. The molecule has 0 fully saturated rings. The van der Waals surface area contributed by atoms with Gasteiger partial charge < -0.3 is 14.9 Å². The molecule has 0 amide bonds. The average molecular weight is 393 g/mol. The first kappa shape index (κ1) is 20.1. The highest BCUT2D eigenvalue weighted by Gasteiger charge is 2.39. The van der Waals surface area contributed by atoms with Crippen LogP contribution in [0, 0.1) is 5.82 Å². The van der Waals surface area contributed by atoms with Gasteiger partial charge in [-0.05, 0) is 25.5 Å². The Balaban J connectivity index is 2.56. The third-order valence-electron chi connectivity index (χ3n) is 3.54. The molecule has 2 N–H and O–H groups in total. The maximum absolute atomic E-state index is 14.4. The summed E-state index contributed by atoms with van der Waals surface area (Å²) in [4.78, 5) is 16.0. The summed E-state index contributed by atoms with van der Waals surface area (Å²) in [5.41, 5.74) is -0.587. The van der Waals surface area contributed by atoms with Gasteiger partial charge in [-0.25, -0.2) is 14.2 Å². The van der Waals surface area contributed by atoms with Crippen LogP contribution in [-0.4, -0.2) is 33.4 Å². The van der Waals surface area contributed by atoms with Crippen molar-refractivity contribution in [1.29, 1.82) is 0 Å². The Hall–Kier alpha value is -2.20. The van der Waals surface area contributed by atoms with E-state index in [2.05, 4.69) is 4.98 Å². The largest absolute Gasteiger partial charge is 0.480 e. The number of aromatic nitrogens is 1.